The van der Waals surface area contributed by atoms with Gasteiger partial charge in [-0.3, -0.25) is 14.8 Å². The smallest absolute Gasteiger partial charge is 0.357 e. The molecule has 0 spiro atoms. The fourth-order valence-corrected chi connectivity index (χ4v) is 3.99. The van der Waals surface area contributed by atoms with Crippen LogP contribution in [0.15, 0.2) is 4.99 Å². The summed E-state index contributed by atoms with van der Waals surface area (Å²) in [5.74, 6) is 1.05. The van der Waals surface area contributed by atoms with Crippen molar-refractivity contribution in [1.82, 2.24) is 20.0 Å². The predicted molar refractivity (Wildman–Crippen MR) is 120 cm³/mol. The molecule has 1 N–H and O–H groups in total. The van der Waals surface area contributed by atoms with Crippen LogP contribution in [0.1, 0.15) is 33.1 Å². The van der Waals surface area contributed by atoms with Crippen molar-refractivity contribution in [3.05, 3.63) is 0 Å². The van der Waals surface area contributed by atoms with Gasteiger partial charge in [-0.2, -0.15) is 26.3 Å². The van der Waals surface area contributed by atoms with Gasteiger partial charge >= 0.3 is 12.4 Å². The third-order valence-corrected chi connectivity index (χ3v) is 5.88. The number of guanidine groups is 1. The molecule has 2 fully saturated rings. The van der Waals surface area contributed by atoms with Crippen LogP contribution in [0.3, 0.4) is 0 Å². The molecule has 0 bridgehead atoms. The molecule has 2 aliphatic heterocycles. The predicted octanol–water partition coefficient (Wildman–Crippen LogP) is 3.80. The van der Waals surface area contributed by atoms with Crippen LogP contribution in [0.4, 0.5) is 26.3 Å². The molecule has 5 nitrogen and oxygen atoms in total. The molecule has 0 amide bonds. The van der Waals surface area contributed by atoms with Gasteiger partial charge in [-0.15, -0.1) is 24.0 Å². The van der Waals surface area contributed by atoms with Crippen LogP contribution < -0.4 is 5.32 Å². The standard InChI is InChI=1S/C19H33F6N5.HI/c1-3-26-17(30-12-10-29(11-13-30)15(2)19(23,24)25)27-7-4-16-5-8-28(9-6-16)14-18(20,21)22;/h15-16H,3-14H2,1-2H3,(H,26,27);1H. The zero-order valence-corrected chi connectivity index (χ0v) is 20.4. The number of hydrogen-bond donors (Lipinski definition) is 1. The highest BCUT2D eigenvalue weighted by molar-refractivity contribution is 14.0. The molecule has 1 atom stereocenters. The zero-order chi connectivity index (χ0) is 22.4. The number of nitrogens with zero attached hydrogens (tertiary/aromatic N) is 4. The molecular formula is C19H34F6IN5. The Bertz CT molecular complexity index is 541. The number of nitrogens with one attached hydrogen (secondary N) is 1. The quantitative estimate of drug-likeness (QED) is 0.227. The Balaban J connectivity index is 0.00000480. The summed E-state index contributed by atoms with van der Waals surface area (Å²) in [5, 5.41) is 3.20. The lowest BCUT2D eigenvalue weighted by Gasteiger charge is -2.39. The minimum absolute atomic E-state index is 0. The number of hydrogen-bond acceptors (Lipinski definition) is 3. The Hall–Kier alpha value is -0.500. The third kappa shape index (κ3) is 9.89. The van der Waals surface area contributed by atoms with Crippen molar-refractivity contribution in [2.45, 2.75) is 51.5 Å². The third-order valence-electron chi connectivity index (χ3n) is 5.88. The van der Waals surface area contributed by atoms with Gasteiger partial charge < -0.3 is 10.2 Å². The highest BCUT2D eigenvalue weighted by Crippen LogP contribution is 2.26. The molecule has 0 saturated carbocycles. The van der Waals surface area contributed by atoms with Gasteiger partial charge in [-0.05, 0) is 52.1 Å². The van der Waals surface area contributed by atoms with Crippen LogP contribution in [0.5, 0.6) is 0 Å². The number of piperidine rings is 1. The molecule has 1 unspecified atom stereocenters. The fourth-order valence-electron chi connectivity index (χ4n) is 3.99. The molecule has 2 rings (SSSR count). The Morgan fingerprint density at radius 1 is 1.00 bits per heavy atom. The van der Waals surface area contributed by atoms with E-state index in [1.54, 1.807) is 0 Å². The van der Waals surface area contributed by atoms with E-state index in [0.717, 1.165) is 19.3 Å². The number of aliphatic imine (C=N–C) groups is 1. The lowest BCUT2D eigenvalue weighted by atomic mass is 9.93. The van der Waals surface area contributed by atoms with Gasteiger partial charge in [0.15, 0.2) is 5.96 Å². The van der Waals surface area contributed by atoms with Crippen molar-refractivity contribution >= 4 is 29.9 Å². The molecule has 184 valence electrons. The highest BCUT2D eigenvalue weighted by Gasteiger charge is 2.41. The SMILES string of the molecule is CCNC(=NCCC1CCN(CC(F)(F)F)CC1)N1CCN(C(C)C(F)(F)F)CC1.I. The second-order valence-corrected chi connectivity index (χ2v) is 8.10. The maximum absolute atomic E-state index is 12.9. The average molecular weight is 573 g/mol. The van der Waals surface area contributed by atoms with Crippen molar-refractivity contribution in [2.75, 3.05) is 58.9 Å². The second-order valence-electron chi connectivity index (χ2n) is 8.10. The monoisotopic (exact) mass is 573 g/mol. The van der Waals surface area contributed by atoms with Gasteiger partial charge in [-0.1, -0.05) is 0 Å². The van der Waals surface area contributed by atoms with E-state index in [1.165, 1.54) is 16.7 Å². The normalized spacial score (nSPS) is 21.7. The van der Waals surface area contributed by atoms with E-state index in [2.05, 4.69) is 10.3 Å². The summed E-state index contributed by atoms with van der Waals surface area (Å²) < 4.78 is 76.2. The molecule has 2 aliphatic rings. The van der Waals surface area contributed by atoms with Gasteiger partial charge in [-0.25, -0.2) is 0 Å². The summed E-state index contributed by atoms with van der Waals surface area (Å²) in [6.07, 6.45) is -6.11. The summed E-state index contributed by atoms with van der Waals surface area (Å²) in [7, 11) is 0. The van der Waals surface area contributed by atoms with Crippen molar-refractivity contribution in [2.24, 2.45) is 10.9 Å². The topological polar surface area (TPSA) is 34.1 Å². The molecule has 0 aromatic heterocycles. The first-order chi connectivity index (χ1) is 14.0. The first-order valence-electron chi connectivity index (χ1n) is 10.6. The van der Waals surface area contributed by atoms with Crippen LogP contribution >= 0.6 is 24.0 Å². The number of alkyl halides is 6. The number of halogens is 7. The molecule has 2 heterocycles. The van der Waals surface area contributed by atoms with Crippen LogP contribution in [0, 0.1) is 5.92 Å². The van der Waals surface area contributed by atoms with Gasteiger partial charge in [0.2, 0.25) is 0 Å². The number of piperazine rings is 1. The maximum atomic E-state index is 12.9. The van der Waals surface area contributed by atoms with Crippen molar-refractivity contribution in [3.63, 3.8) is 0 Å². The van der Waals surface area contributed by atoms with E-state index in [0.29, 0.717) is 64.2 Å². The summed E-state index contributed by atoms with van der Waals surface area (Å²) >= 11 is 0. The molecule has 2 saturated heterocycles. The fraction of sp³-hybridized carbons (Fsp3) is 0.947. The van der Waals surface area contributed by atoms with E-state index < -0.39 is 24.9 Å². The second kappa shape index (κ2) is 12.7. The van der Waals surface area contributed by atoms with Crippen molar-refractivity contribution < 1.29 is 26.3 Å². The van der Waals surface area contributed by atoms with E-state index in [-0.39, 0.29) is 24.0 Å². The first-order valence-corrected chi connectivity index (χ1v) is 10.6. The van der Waals surface area contributed by atoms with E-state index in [9.17, 15) is 26.3 Å². The zero-order valence-electron chi connectivity index (χ0n) is 18.1. The molecule has 0 aliphatic carbocycles. The first kappa shape index (κ1) is 28.5. The Kier molecular flexibility index (Phi) is 11.7. The summed E-state index contributed by atoms with van der Waals surface area (Å²) in [6, 6.07) is -1.46. The molecule has 0 radical (unpaired) electrons. The molecular weight excluding hydrogens is 539 g/mol. The van der Waals surface area contributed by atoms with Gasteiger partial charge in [0, 0.05) is 39.3 Å². The summed E-state index contributed by atoms with van der Waals surface area (Å²) in [6.45, 7) is 6.00. The van der Waals surface area contributed by atoms with E-state index >= 15 is 0 Å². The van der Waals surface area contributed by atoms with Crippen LogP contribution in [0.2, 0.25) is 0 Å². The molecule has 0 aromatic rings. The minimum Gasteiger partial charge on any atom is -0.357 e. The summed E-state index contributed by atoms with van der Waals surface area (Å²) in [4.78, 5) is 9.50. The Labute approximate surface area is 197 Å². The molecule has 0 aromatic carbocycles. The van der Waals surface area contributed by atoms with Crippen molar-refractivity contribution in [1.29, 1.82) is 0 Å². The number of rotatable bonds is 6. The lowest BCUT2D eigenvalue weighted by molar-refractivity contribution is -0.181. The molecule has 12 heteroatoms. The Morgan fingerprint density at radius 3 is 2.06 bits per heavy atom. The Morgan fingerprint density at radius 2 is 1.58 bits per heavy atom. The lowest BCUT2D eigenvalue weighted by Crippen LogP contribution is -2.56. The van der Waals surface area contributed by atoms with Gasteiger partial charge in [0.25, 0.3) is 0 Å². The largest absolute Gasteiger partial charge is 0.403 e. The van der Waals surface area contributed by atoms with E-state index in [1.807, 2.05) is 11.8 Å². The van der Waals surface area contributed by atoms with Crippen molar-refractivity contribution in [3.8, 4) is 0 Å². The van der Waals surface area contributed by atoms with Crippen LogP contribution in [0.25, 0.3) is 0 Å². The van der Waals surface area contributed by atoms with Gasteiger partial charge in [0.05, 0.1) is 6.54 Å². The average Bonchev–Trinajstić information content (AvgIpc) is 2.66. The number of likely N-dealkylation sites (tertiary alicyclic amines) is 1. The summed E-state index contributed by atoms with van der Waals surface area (Å²) in [5.41, 5.74) is 0. The van der Waals surface area contributed by atoms with E-state index in [4.69, 9.17) is 0 Å². The van der Waals surface area contributed by atoms with Crippen LogP contribution in [-0.4, -0.2) is 98.0 Å². The molecule has 31 heavy (non-hydrogen) atoms. The highest BCUT2D eigenvalue weighted by atomic mass is 127. The minimum atomic E-state index is -4.23. The maximum Gasteiger partial charge on any atom is 0.403 e. The van der Waals surface area contributed by atoms with Crippen LogP contribution in [-0.2, 0) is 0 Å². The van der Waals surface area contributed by atoms with Gasteiger partial charge in [0.1, 0.15) is 6.04 Å².